The van der Waals surface area contributed by atoms with Crippen molar-refractivity contribution >= 4 is 28.3 Å². The molecule has 0 aliphatic carbocycles. The van der Waals surface area contributed by atoms with Crippen LogP contribution in [0.2, 0.25) is 0 Å². The van der Waals surface area contributed by atoms with Crippen LogP contribution >= 0.6 is 0 Å². The summed E-state index contributed by atoms with van der Waals surface area (Å²) in [5, 5.41) is 15.9. The predicted molar refractivity (Wildman–Crippen MR) is 118 cm³/mol. The van der Waals surface area contributed by atoms with Crippen LogP contribution in [0.1, 0.15) is 41.7 Å². The standard InChI is InChI=1S/C24H23N3O4/c1-16(25-23(28)18-9-4-10-19(15-18)27(30)31)24(29)26-14-6-13-22(26)21-12-5-8-17-7-2-3-11-20(17)21/h2-5,7-12,15-16,22H,6,13-14H2,1H3,(H,25,28). The Morgan fingerprint density at radius 2 is 1.84 bits per heavy atom. The van der Waals surface area contributed by atoms with Crippen molar-refractivity contribution in [2.24, 2.45) is 0 Å². The van der Waals surface area contributed by atoms with Crippen molar-refractivity contribution in [3.05, 3.63) is 88.0 Å². The van der Waals surface area contributed by atoms with E-state index in [-0.39, 0.29) is 23.2 Å². The fourth-order valence-corrected chi connectivity index (χ4v) is 4.25. The number of carbonyl (C=O) groups excluding carboxylic acids is 2. The number of nitro benzene ring substituents is 1. The van der Waals surface area contributed by atoms with Gasteiger partial charge < -0.3 is 10.2 Å². The fraction of sp³-hybridized carbons (Fsp3) is 0.250. The minimum Gasteiger partial charge on any atom is -0.341 e. The van der Waals surface area contributed by atoms with Gasteiger partial charge in [-0.05, 0) is 42.2 Å². The van der Waals surface area contributed by atoms with Gasteiger partial charge in [0.05, 0.1) is 11.0 Å². The Kier molecular flexibility index (Phi) is 5.66. The van der Waals surface area contributed by atoms with E-state index in [1.54, 1.807) is 6.92 Å². The Bertz CT molecular complexity index is 1160. The lowest BCUT2D eigenvalue weighted by molar-refractivity contribution is -0.384. The van der Waals surface area contributed by atoms with E-state index < -0.39 is 16.9 Å². The highest BCUT2D eigenvalue weighted by molar-refractivity contribution is 5.98. The third-order valence-electron chi connectivity index (χ3n) is 5.76. The number of hydrogen-bond acceptors (Lipinski definition) is 4. The van der Waals surface area contributed by atoms with Gasteiger partial charge in [0.2, 0.25) is 5.91 Å². The number of likely N-dealkylation sites (tertiary alicyclic amines) is 1. The van der Waals surface area contributed by atoms with Gasteiger partial charge in [0, 0.05) is 24.2 Å². The topological polar surface area (TPSA) is 92.5 Å². The lowest BCUT2D eigenvalue weighted by atomic mass is 9.97. The Labute approximate surface area is 179 Å². The summed E-state index contributed by atoms with van der Waals surface area (Å²) in [5.41, 5.74) is 1.10. The second kappa shape index (κ2) is 8.55. The quantitative estimate of drug-likeness (QED) is 0.497. The summed E-state index contributed by atoms with van der Waals surface area (Å²) in [6, 6.07) is 18.9. The molecule has 1 aliphatic rings. The summed E-state index contributed by atoms with van der Waals surface area (Å²) in [7, 11) is 0. The molecule has 1 aliphatic heterocycles. The molecule has 1 N–H and O–H groups in total. The molecule has 3 aromatic rings. The number of nitro groups is 1. The summed E-state index contributed by atoms with van der Waals surface area (Å²) in [6.07, 6.45) is 1.76. The predicted octanol–water partition coefficient (Wildman–Crippen LogP) is 4.23. The number of nitrogens with zero attached hydrogens (tertiary/aromatic N) is 2. The molecule has 2 atom stereocenters. The van der Waals surface area contributed by atoms with Crippen LogP contribution in [0.25, 0.3) is 10.8 Å². The lowest BCUT2D eigenvalue weighted by Gasteiger charge is -2.29. The number of non-ortho nitro benzene ring substituents is 1. The molecule has 1 fully saturated rings. The summed E-state index contributed by atoms with van der Waals surface area (Å²) in [6.45, 7) is 2.28. The molecule has 1 saturated heterocycles. The summed E-state index contributed by atoms with van der Waals surface area (Å²) < 4.78 is 0. The first-order valence-electron chi connectivity index (χ1n) is 10.3. The lowest BCUT2D eigenvalue weighted by Crippen LogP contribution is -2.46. The highest BCUT2D eigenvalue weighted by atomic mass is 16.6. The first-order valence-corrected chi connectivity index (χ1v) is 10.3. The monoisotopic (exact) mass is 417 g/mol. The van der Waals surface area contributed by atoms with Gasteiger partial charge >= 0.3 is 0 Å². The number of amides is 2. The normalized spacial score (nSPS) is 16.8. The van der Waals surface area contributed by atoms with E-state index in [0.717, 1.165) is 29.2 Å². The van der Waals surface area contributed by atoms with Gasteiger partial charge in [0.25, 0.3) is 11.6 Å². The minimum atomic E-state index is -0.748. The third-order valence-corrected chi connectivity index (χ3v) is 5.76. The average Bonchev–Trinajstić information content (AvgIpc) is 3.27. The summed E-state index contributed by atoms with van der Waals surface area (Å²) in [5.74, 6) is -0.667. The van der Waals surface area contributed by atoms with Crippen molar-refractivity contribution in [1.82, 2.24) is 10.2 Å². The van der Waals surface area contributed by atoms with Crippen LogP contribution in [0.5, 0.6) is 0 Å². The maximum Gasteiger partial charge on any atom is 0.270 e. The number of nitrogens with one attached hydrogen (secondary N) is 1. The number of hydrogen-bond donors (Lipinski definition) is 1. The van der Waals surface area contributed by atoms with Crippen LogP contribution in [0, 0.1) is 10.1 Å². The zero-order chi connectivity index (χ0) is 22.0. The van der Waals surface area contributed by atoms with Crippen molar-refractivity contribution in [1.29, 1.82) is 0 Å². The Morgan fingerprint density at radius 1 is 1.10 bits per heavy atom. The van der Waals surface area contributed by atoms with Crippen LogP contribution in [-0.4, -0.2) is 34.2 Å². The molecule has 0 spiro atoms. The van der Waals surface area contributed by atoms with Gasteiger partial charge in [-0.3, -0.25) is 19.7 Å². The fourth-order valence-electron chi connectivity index (χ4n) is 4.25. The molecule has 2 unspecified atom stereocenters. The van der Waals surface area contributed by atoms with Crippen LogP contribution < -0.4 is 5.32 Å². The molecular formula is C24H23N3O4. The maximum atomic E-state index is 13.2. The summed E-state index contributed by atoms with van der Waals surface area (Å²) >= 11 is 0. The Morgan fingerprint density at radius 3 is 2.65 bits per heavy atom. The van der Waals surface area contributed by atoms with Crippen molar-refractivity contribution in [3.63, 3.8) is 0 Å². The van der Waals surface area contributed by atoms with Gasteiger partial charge in [0.15, 0.2) is 0 Å². The first kappa shape index (κ1) is 20.5. The van der Waals surface area contributed by atoms with Crippen LogP contribution in [-0.2, 0) is 4.79 Å². The highest BCUT2D eigenvalue weighted by Gasteiger charge is 2.33. The molecule has 0 saturated carbocycles. The molecule has 31 heavy (non-hydrogen) atoms. The van der Waals surface area contributed by atoms with E-state index in [0.29, 0.717) is 6.54 Å². The second-order valence-electron chi connectivity index (χ2n) is 7.76. The molecule has 7 nitrogen and oxygen atoms in total. The molecule has 0 radical (unpaired) electrons. The van der Waals surface area contributed by atoms with E-state index in [9.17, 15) is 19.7 Å². The van der Waals surface area contributed by atoms with Crippen LogP contribution in [0.3, 0.4) is 0 Å². The average molecular weight is 417 g/mol. The van der Waals surface area contributed by atoms with E-state index in [1.807, 2.05) is 23.1 Å². The molecule has 158 valence electrons. The smallest absolute Gasteiger partial charge is 0.270 e. The van der Waals surface area contributed by atoms with Gasteiger partial charge in [-0.2, -0.15) is 0 Å². The SMILES string of the molecule is CC(NC(=O)c1cccc([N+](=O)[O-])c1)C(=O)N1CCCC1c1cccc2ccccc12. The van der Waals surface area contributed by atoms with E-state index in [1.165, 1.54) is 24.3 Å². The van der Waals surface area contributed by atoms with E-state index in [4.69, 9.17) is 0 Å². The minimum absolute atomic E-state index is 0.0456. The third kappa shape index (κ3) is 4.12. The molecule has 0 aromatic heterocycles. The first-order chi connectivity index (χ1) is 15.0. The largest absolute Gasteiger partial charge is 0.341 e. The molecule has 4 rings (SSSR count). The van der Waals surface area contributed by atoms with Crippen LogP contribution in [0.15, 0.2) is 66.7 Å². The van der Waals surface area contributed by atoms with Gasteiger partial charge in [-0.15, -0.1) is 0 Å². The van der Waals surface area contributed by atoms with Crippen molar-refractivity contribution in [3.8, 4) is 0 Å². The van der Waals surface area contributed by atoms with Gasteiger partial charge in [-0.25, -0.2) is 0 Å². The number of fused-ring (bicyclic) bond motifs is 1. The number of benzene rings is 3. The molecular weight excluding hydrogens is 394 g/mol. The van der Waals surface area contributed by atoms with Crippen molar-refractivity contribution in [2.45, 2.75) is 31.8 Å². The molecule has 2 amide bonds. The number of rotatable bonds is 5. The van der Waals surface area contributed by atoms with Crippen molar-refractivity contribution in [2.75, 3.05) is 6.54 Å². The summed E-state index contributed by atoms with van der Waals surface area (Å²) in [4.78, 5) is 38.0. The highest BCUT2D eigenvalue weighted by Crippen LogP contribution is 2.36. The van der Waals surface area contributed by atoms with E-state index >= 15 is 0 Å². The Hall–Kier alpha value is -3.74. The molecule has 7 heteroatoms. The van der Waals surface area contributed by atoms with Crippen LogP contribution in [0.4, 0.5) is 5.69 Å². The maximum absolute atomic E-state index is 13.2. The second-order valence-corrected chi connectivity index (χ2v) is 7.76. The zero-order valence-corrected chi connectivity index (χ0v) is 17.2. The Balaban J connectivity index is 1.52. The molecule has 1 heterocycles. The number of carbonyl (C=O) groups is 2. The molecule has 3 aromatic carbocycles. The molecule has 0 bridgehead atoms. The zero-order valence-electron chi connectivity index (χ0n) is 17.2. The van der Waals surface area contributed by atoms with Crippen molar-refractivity contribution < 1.29 is 14.5 Å². The van der Waals surface area contributed by atoms with Gasteiger partial charge in [-0.1, -0.05) is 48.5 Å². The van der Waals surface area contributed by atoms with Gasteiger partial charge in [0.1, 0.15) is 6.04 Å². The van der Waals surface area contributed by atoms with E-state index in [2.05, 4.69) is 29.6 Å².